The summed E-state index contributed by atoms with van der Waals surface area (Å²) in [7, 11) is 5.39. The summed E-state index contributed by atoms with van der Waals surface area (Å²) in [5.74, 6) is 6.18. The van der Waals surface area contributed by atoms with E-state index in [0.29, 0.717) is 43.9 Å². The van der Waals surface area contributed by atoms with Crippen molar-refractivity contribution in [2.75, 3.05) is 51.4 Å². The summed E-state index contributed by atoms with van der Waals surface area (Å²) in [5.41, 5.74) is -0.00535. The lowest BCUT2D eigenvalue weighted by Gasteiger charge is -2.23. The Labute approximate surface area is 239 Å². The highest BCUT2D eigenvalue weighted by molar-refractivity contribution is 5.92. The van der Waals surface area contributed by atoms with Gasteiger partial charge >= 0.3 is 6.18 Å². The highest BCUT2D eigenvalue weighted by Gasteiger charge is 2.30. The van der Waals surface area contributed by atoms with E-state index >= 15 is 0 Å². The monoisotopic (exact) mass is 573 g/mol. The summed E-state index contributed by atoms with van der Waals surface area (Å²) in [5, 5.41) is 8.81. The van der Waals surface area contributed by atoms with Crippen molar-refractivity contribution in [2.45, 2.75) is 45.3 Å². The van der Waals surface area contributed by atoms with Crippen LogP contribution in [0.4, 0.5) is 30.6 Å². The van der Waals surface area contributed by atoms with Crippen LogP contribution in [0.2, 0.25) is 0 Å². The Morgan fingerprint density at radius 2 is 1.93 bits per heavy atom. The van der Waals surface area contributed by atoms with Crippen molar-refractivity contribution >= 4 is 29.3 Å². The van der Waals surface area contributed by atoms with Crippen molar-refractivity contribution in [3.63, 3.8) is 0 Å². The van der Waals surface area contributed by atoms with Crippen LogP contribution in [-0.4, -0.2) is 78.4 Å². The summed E-state index contributed by atoms with van der Waals surface area (Å²) < 4.78 is 39.1. The number of carbonyl (C=O) groups is 2. The minimum atomic E-state index is -4.45. The Kier molecular flexibility index (Phi) is 13.1. The van der Waals surface area contributed by atoms with Gasteiger partial charge in [-0.1, -0.05) is 30.9 Å². The fourth-order valence-corrected chi connectivity index (χ4v) is 3.36. The minimum Gasteiger partial charge on any atom is -0.369 e. The summed E-state index contributed by atoms with van der Waals surface area (Å²) in [6.45, 7) is 5.31. The maximum atomic E-state index is 13.0. The number of carbonyl (C=O) groups excluding carboxylic acids is 2. The van der Waals surface area contributed by atoms with Crippen LogP contribution in [0.1, 0.15) is 44.2 Å². The predicted molar refractivity (Wildman–Crippen MR) is 155 cm³/mol. The first-order chi connectivity index (χ1) is 19.4. The first-order valence-corrected chi connectivity index (χ1v) is 13.3. The molecule has 0 saturated heterocycles. The zero-order valence-electron chi connectivity index (χ0n) is 24.1. The fourth-order valence-electron chi connectivity index (χ4n) is 3.36. The average molecular weight is 574 g/mol. The van der Waals surface area contributed by atoms with Gasteiger partial charge in [0, 0.05) is 44.9 Å². The quantitative estimate of drug-likeness (QED) is 0.187. The highest BCUT2D eigenvalue weighted by atomic mass is 19.4. The van der Waals surface area contributed by atoms with Crippen molar-refractivity contribution in [1.82, 2.24) is 25.1 Å². The molecule has 1 atom stereocenters. The van der Waals surface area contributed by atoms with E-state index in [9.17, 15) is 22.8 Å². The van der Waals surface area contributed by atoms with E-state index in [1.54, 1.807) is 20.0 Å². The Hall–Kier alpha value is -4.11. The summed E-state index contributed by atoms with van der Waals surface area (Å²) in [6, 6.07) is 4.19. The molecule has 0 aliphatic heterocycles. The molecule has 0 bridgehead atoms. The van der Waals surface area contributed by atoms with Gasteiger partial charge in [0.2, 0.25) is 17.8 Å². The largest absolute Gasteiger partial charge is 0.416 e. The molecule has 3 N–H and O–H groups in total. The molecular weight excluding hydrogens is 535 g/mol. The summed E-state index contributed by atoms with van der Waals surface area (Å²) >= 11 is 0. The Bertz CT molecular complexity index is 1250. The summed E-state index contributed by atoms with van der Waals surface area (Å²) in [4.78, 5) is 36.6. The van der Waals surface area contributed by atoms with Crippen LogP contribution in [0.25, 0.3) is 0 Å². The lowest BCUT2D eigenvalue weighted by atomic mass is 10.2. The number of likely N-dealkylation sites (N-methyl/N-ethyl adjacent to an activating group) is 2. The molecule has 1 heterocycles. The topological polar surface area (TPSA) is 102 Å². The molecule has 2 aromatic rings. The van der Waals surface area contributed by atoms with Gasteiger partial charge in [-0.25, -0.2) is 4.98 Å². The van der Waals surface area contributed by atoms with Crippen LogP contribution in [0.15, 0.2) is 42.6 Å². The molecule has 9 nitrogen and oxygen atoms in total. The number of hydrogen-bond acceptors (Lipinski definition) is 7. The molecule has 1 aromatic carbocycles. The number of halogens is 3. The maximum Gasteiger partial charge on any atom is 0.416 e. The van der Waals surface area contributed by atoms with E-state index in [2.05, 4.69) is 37.8 Å². The van der Waals surface area contributed by atoms with Crippen molar-refractivity contribution in [2.24, 2.45) is 0 Å². The molecule has 2 amide bonds. The molecule has 12 heteroatoms. The second kappa shape index (κ2) is 16.2. The number of aromatic nitrogens is 2. The third kappa shape index (κ3) is 11.5. The van der Waals surface area contributed by atoms with Gasteiger partial charge in [-0.15, -0.1) is 0 Å². The van der Waals surface area contributed by atoms with Crippen molar-refractivity contribution in [3.05, 3.63) is 53.7 Å². The van der Waals surface area contributed by atoms with Crippen LogP contribution >= 0.6 is 0 Å². The smallest absolute Gasteiger partial charge is 0.369 e. The van der Waals surface area contributed by atoms with E-state index in [-0.39, 0.29) is 23.5 Å². The van der Waals surface area contributed by atoms with Crippen molar-refractivity contribution in [3.8, 4) is 11.8 Å². The fraction of sp³-hybridized carbons (Fsp3) is 0.448. The molecule has 0 radical (unpaired) electrons. The molecule has 0 fully saturated rings. The normalized spacial score (nSPS) is 12.0. The van der Waals surface area contributed by atoms with Crippen molar-refractivity contribution < 1.29 is 22.8 Å². The number of benzene rings is 1. The number of rotatable bonds is 13. The van der Waals surface area contributed by atoms with Gasteiger partial charge in [0.1, 0.15) is 11.9 Å². The maximum absolute atomic E-state index is 13.0. The van der Waals surface area contributed by atoms with E-state index in [0.717, 1.165) is 18.6 Å². The van der Waals surface area contributed by atoms with E-state index < -0.39 is 17.8 Å². The van der Waals surface area contributed by atoms with Crippen LogP contribution in [-0.2, 0) is 15.8 Å². The molecule has 0 unspecified atom stereocenters. The average Bonchev–Trinajstić information content (AvgIpc) is 2.92. The van der Waals surface area contributed by atoms with Crippen LogP contribution in [0.5, 0.6) is 0 Å². The van der Waals surface area contributed by atoms with Gasteiger partial charge in [-0.2, -0.15) is 18.2 Å². The lowest BCUT2D eigenvalue weighted by Crippen LogP contribution is -2.45. The Balaban J connectivity index is 1.93. The standard InChI is InChI=1S/C29H38F3N7O2/c1-6-16-33-26-22(20-35-28(37-26)36-24-14-10-13-23(19-24)29(30,31)32)12-8-7-9-17-34-27(41)21(2)39(5)25(40)15-11-18-38(3)4/h10-11,13-15,19-21H,6-7,9,16-18H2,1-5H3,(H,34,41)(H2,33,35,36,37)/b15-11+/t21-/m0/s1. The molecule has 0 aliphatic carbocycles. The van der Waals surface area contributed by atoms with Crippen LogP contribution in [0.3, 0.4) is 0 Å². The molecule has 0 saturated carbocycles. The lowest BCUT2D eigenvalue weighted by molar-refractivity contribution is -0.137. The van der Waals surface area contributed by atoms with E-state index in [1.165, 1.54) is 29.3 Å². The number of amides is 2. The molecule has 1 aromatic heterocycles. The second-order valence-electron chi connectivity index (χ2n) is 9.57. The van der Waals surface area contributed by atoms with Gasteiger partial charge in [-0.05, 0) is 52.1 Å². The predicted octanol–water partition coefficient (Wildman–Crippen LogP) is 4.27. The number of alkyl halides is 3. The molecule has 0 aliphatic rings. The molecule has 0 spiro atoms. The van der Waals surface area contributed by atoms with Crippen LogP contribution < -0.4 is 16.0 Å². The number of nitrogens with zero attached hydrogens (tertiary/aromatic N) is 4. The molecular formula is C29H38F3N7O2. The number of unbranched alkanes of at least 4 members (excludes halogenated alkanes) is 1. The van der Waals surface area contributed by atoms with E-state index in [1.807, 2.05) is 25.9 Å². The Morgan fingerprint density at radius 1 is 1.17 bits per heavy atom. The molecule has 2 rings (SSSR count). The summed E-state index contributed by atoms with van der Waals surface area (Å²) in [6.07, 6.45) is 2.19. The number of anilines is 3. The van der Waals surface area contributed by atoms with Gasteiger partial charge in [0.15, 0.2) is 0 Å². The first-order valence-electron chi connectivity index (χ1n) is 13.3. The third-order valence-corrected chi connectivity index (χ3v) is 5.82. The zero-order chi connectivity index (χ0) is 30.4. The van der Waals surface area contributed by atoms with Crippen LogP contribution in [0, 0.1) is 11.8 Å². The molecule has 222 valence electrons. The second-order valence-corrected chi connectivity index (χ2v) is 9.57. The number of hydrogen-bond donors (Lipinski definition) is 3. The minimum absolute atomic E-state index is 0.141. The van der Waals surface area contributed by atoms with Gasteiger partial charge < -0.3 is 25.8 Å². The highest BCUT2D eigenvalue weighted by Crippen LogP contribution is 2.31. The number of nitrogens with one attached hydrogen (secondary N) is 3. The van der Waals surface area contributed by atoms with Crippen molar-refractivity contribution in [1.29, 1.82) is 0 Å². The Morgan fingerprint density at radius 3 is 2.61 bits per heavy atom. The van der Waals surface area contributed by atoms with Gasteiger partial charge in [0.25, 0.3) is 0 Å². The third-order valence-electron chi connectivity index (χ3n) is 5.82. The van der Waals surface area contributed by atoms with E-state index in [4.69, 9.17) is 0 Å². The van der Waals surface area contributed by atoms with Gasteiger partial charge in [-0.3, -0.25) is 9.59 Å². The van der Waals surface area contributed by atoms with Gasteiger partial charge in [0.05, 0.1) is 17.3 Å². The zero-order valence-corrected chi connectivity index (χ0v) is 24.1. The first kappa shape index (κ1) is 33.1. The SMILES string of the molecule is CCCNc1nc(Nc2cccc(C(F)(F)F)c2)ncc1C#CCCCNC(=O)[C@H](C)N(C)C(=O)/C=C/CN(C)C. The molecule has 41 heavy (non-hydrogen) atoms.